The van der Waals surface area contributed by atoms with Gasteiger partial charge >= 0.3 is 12.3 Å². The highest BCUT2D eigenvalue weighted by molar-refractivity contribution is 7.98. The number of benzene rings is 2. The third kappa shape index (κ3) is 6.32. The van der Waals surface area contributed by atoms with Crippen LogP contribution in [0.3, 0.4) is 0 Å². The van der Waals surface area contributed by atoms with Crippen LogP contribution in [0.1, 0.15) is 10.4 Å². The number of hydrogen-bond donors (Lipinski definition) is 1. The third-order valence-electron chi connectivity index (χ3n) is 3.03. The second-order valence-electron chi connectivity index (χ2n) is 4.92. The number of carbonyl (C=O) groups excluding carboxylic acids is 2. The average Bonchev–Trinajstić information content (AvgIpc) is 2.60. The maximum absolute atomic E-state index is 12.1. The van der Waals surface area contributed by atoms with Crippen LogP contribution in [0, 0.1) is 0 Å². The van der Waals surface area contributed by atoms with E-state index in [0.29, 0.717) is 5.56 Å². The largest absolute Gasteiger partial charge is 0.573 e. The van der Waals surface area contributed by atoms with Gasteiger partial charge in [0.05, 0.1) is 5.56 Å². The van der Waals surface area contributed by atoms with Gasteiger partial charge < -0.3 is 14.8 Å². The molecular formula is C17H14F3NO4S. The molecule has 0 saturated carbocycles. The number of halogens is 3. The van der Waals surface area contributed by atoms with Crippen molar-refractivity contribution in [1.82, 2.24) is 0 Å². The lowest BCUT2D eigenvalue weighted by atomic mass is 10.2. The average molecular weight is 385 g/mol. The summed E-state index contributed by atoms with van der Waals surface area (Å²) in [5, 5.41) is 2.40. The molecule has 0 aliphatic carbocycles. The maximum Gasteiger partial charge on any atom is 0.573 e. The molecule has 2 aromatic carbocycles. The molecule has 0 radical (unpaired) electrons. The van der Waals surface area contributed by atoms with Crippen LogP contribution in [0.15, 0.2) is 53.4 Å². The van der Waals surface area contributed by atoms with E-state index in [1.54, 1.807) is 24.3 Å². The number of alkyl halides is 3. The van der Waals surface area contributed by atoms with Crippen molar-refractivity contribution in [2.75, 3.05) is 18.2 Å². The number of anilines is 1. The molecule has 0 heterocycles. The van der Waals surface area contributed by atoms with Crippen LogP contribution in [0.25, 0.3) is 0 Å². The van der Waals surface area contributed by atoms with Crippen LogP contribution in [-0.4, -0.2) is 31.1 Å². The number of carbonyl (C=O) groups is 2. The Balaban J connectivity index is 1.83. The van der Waals surface area contributed by atoms with E-state index in [4.69, 9.17) is 4.74 Å². The number of ether oxygens (including phenoxy) is 2. The first kappa shape index (κ1) is 19.6. The lowest BCUT2D eigenvalue weighted by molar-refractivity contribution is -0.274. The van der Waals surface area contributed by atoms with Crippen molar-refractivity contribution in [2.45, 2.75) is 11.3 Å². The Hall–Kier alpha value is -2.68. The van der Waals surface area contributed by atoms with Crippen LogP contribution < -0.4 is 10.1 Å². The van der Waals surface area contributed by atoms with Gasteiger partial charge in [0, 0.05) is 10.6 Å². The summed E-state index contributed by atoms with van der Waals surface area (Å²) in [4.78, 5) is 24.6. The minimum Gasteiger partial charge on any atom is -0.452 e. The summed E-state index contributed by atoms with van der Waals surface area (Å²) < 4.78 is 44.8. The molecule has 0 aromatic heterocycles. The smallest absolute Gasteiger partial charge is 0.452 e. The van der Waals surface area contributed by atoms with Crippen LogP contribution >= 0.6 is 11.8 Å². The minimum atomic E-state index is -4.78. The van der Waals surface area contributed by atoms with Crippen LogP contribution in [0.5, 0.6) is 5.75 Å². The zero-order valence-electron chi connectivity index (χ0n) is 13.5. The molecule has 0 saturated heterocycles. The highest BCUT2D eigenvalue weighted by Crippen LogP contribution is 2.24. The summed E-state index contributed by atoms with van der Waals surface area (Å²) >= 11 is 1.53. The molecule has 1 amide bonds. The zero-order valence-corrected chi connectivity index (χ0v) is 14.3. The Labute approximate surface area is 151 Å². The maximum atomic E-state index is 12.1. The highest BCUT2D eigenvalue weighted by atomic mass is 32.2. The number of amides is 1. The molecule has 2 rings (SSSR count). The summed E-state index contributed by atoms with van der Waals surface area (Å²) in [7, 11) is 0. The van der Waals surface area contributed by atoms with E-state index in [1.165, 1.54) is 23.9 Å². The Morgan fingerprint density at radius 2 is 1.65 bits per heavy atom. The second kappa shape index (κ2) is 8.61. The van der Waals surface area contributed by atoms with Crippen molar-refractivity contribution >= 4 is 29.3 Å². The fraction of sp³-hybridized carbons (Fsp3) is 0.176. The van der Waals surface area contributed by atoms with Gasteiger partial charge in [-0.3, -0.25) is 4.79 Å². The molecule has 5 nitrogen and oxygen atoms in total. The predicted molar refractivity (Wildman–Crippen MR) is 90.3 cm³/mol. The Bertz CT molecular complexity index is 761. The third-order valence-corrected chi connectivity index (χ3v) is 3.78. The van der Waals surface area contributed by atoms with Crippen LogP contribution in [0.2, 0.25) is 0 Å². The van der Waals surface area contributed by atoms with E-state index in [9.17, 15) is 22.8 Å². The van der Waals surface area contributed by atoms with E-state index in [0.717, 1.165) is 17.0 Å². The molecule has 0 bridgehead atoms. The first-order chi connectivity index (χ1) is 12.3. The highest BCUT2D eigenvalue weighted by Gasteiger charge is 2.30. The van der Waals surface area contributed by atoms with Crippen molar-refractivity contribution in [3.05, 3.63) is 54.1 Å². The lowest BCUT2D eigenvalue weighted by Crippen LogP contribution is -2.21. The number of esters is 1. The van der Waals surface area contributed by atoms with Gasteiger partial charge in [0.1, 0.15) is 5.75 Å². The van der Waals surface area contributed by atoms with Crippen LogP contribution in [-0.2, 0) is 9.53 Å². The van der Waals surface area contributed by atoms with E-state index < -0.39 is 30.6 Å². The predicted octanol–water partition coefficient (Wildman–Crippen LogP) is 4.10. The van der Waals surface area contributed by atoms with Crippen LogP contribution in [0.4, 0.5) is 18.9 Å². The van der Waals surface area contributed by atoms with E-state index >= 15 is 0 Å². The lowest BCUT2D eigenvalue weighted by Gasteiger charge is -2.10. The van der Waals surface area contributed by atoms with Crippen molar-refractivity contribution in [3.8, 4) is 5.75 Å². The van der Waals surface area contributed by atoms with E-state index in [1.807, 2.05) is 6.26 Å². The molecular weight excluding hydrogens is 371 g/mol. The quantitative estimate of drug-likeness (QED) is 0.599. The number of thioether (sulfide) groups is 1. The molecule has 0 aliphatic heterocycles. The summed E-state index contributed by atoms with van der Waals surface area (Å²) in [6, 6.07) is 11.3. The summed E-state index contributed by atoms with van der Waals surface area (Å²) in [5.41, 5.74) is 0.550. The second-order valence-corrected chi connectivity index (χ2v) is 5.80. The Morgan fingerprint density at radius 1 is 1.04 bits per heavy atom. The van der Waals surface area contributed by atoms with Gasteiger partial charge in [0.15, 0.2) is 6.61 Å². The molecule has 138 valence electrons. The SMILES string of the molecule is CSc1ccc(C(=O)OCC(=O)Nc2ccc(OC(F)(F)F)cc2)cc1. The normalized spacial score (nSPS) is 10.9. The van der Waals surface area contributed by atoms with E-state index in [-0.39, 0.29) is 5.69 Å². The topological polar surface area (TPSA) is 64.6 Å². The van der Waals surface area contributed by atoms with Gasteiger partial charge in [0.2, 0.25) is 0 Å². The zero-order chi connectivity index (χ0) is 19.2. The first-order valence-corrected chi connectivity index (χ1v) is 8.46. The minimum absolute atomic E-state index is 0.241. The summed E-state index contributed by atoms with van der Waals surface area (Å²) in [5.74, 6) is -1.68. The number of nitrogens with one attached hydrogen (secondary N) is 1. The molecule has 26 heavy (non-hydrogen) atoms. The molecule has 0 fully saturated rings. The molecule has 0 unspecified atom stereocenters. The summed E-state index contributed by atoms with van der Waals surface area (Å²) in [6.45, 7) is -0.524. The number of rotatable bonds is 6. The molecule has 0 atom stereocenters. The molecule has 2 aromatic rings. The van der Waals surface area contributed by atoms with Gasteiger partial charge in [-0.25, -0.2) is 4.79 Å². The monoisotopic (exact) mass is 385 g/mol. The van der Waals surface area contributed by atoms with Crippen molar-refractivity contribution in [1.29, 1.82) is 0 Å². The van der Waals surface area contributed by atoms with Gasteiger partial charge in [-0.05, 0) is 54.8 Å². The van der Waals surface area contributed by atoms with Gasteiger partial charge in [-0.1, -0.05) is 0 Å². The van der Waals surface area contributed by atoms with Crippen molar-refractivity contribution in [2.24, 2.45) is 0 Å². The standard InChI is InChI=1S/C17H14F3NO4S/c1-26-14-8-2-11(3-9-14)16(23)24-10-15(22)21-12-4-6-13(7-5-12)25-17(18,19)20/h2-9H,10H2,1H3,(H,21,22). The van der Waals surface area contributed by atoms with Crippen molar-refractivity contribution in [3.63, 3.8) is 0 Å². The van der Waals surface area contributed by atoms with E-state index in [2.05, 4.69) is 10.1 Å². The molecule has 9 heteroatoms. The Morgan fingerprint density at radius 3 is 2.19 bits per heavy atom. The first-order valence-electron chi connectivity index (χ1n) is 7.23. The van der Waals surface area contributed by atoms with Gasteiger partial charge in [-0.2, -0.15) is 0 Å². The fourth-order valence-corrected chi connectivity index (χ4v) is 2.29. The molecule has 0 aliphatic rings. The van der Waals surface area contributed by atoms with Gasteiger partial charge in [0.25, 0.3) is 5.91 Å². The molecule has 0 spiro atoms. The van der Waals surface area contributed by atoms with Crippen molar-refractivity contribution < 1.29 is 32.2 Å². The summed E-state index contributed by atoms with van der Waals surface area (Å²) in [6.07, 6.45) is -2.88. The fourth-order valence-electron chi connectivity index (χ4n) is 1.88. The van der Waals surface area contributed by atoms with Gasteiger partial charge in [-0.15, -0.1) is 24.9 Å². The Kier molecular flexibility index (Phi) is 6.51. The number of hydrogen-bond acceptors (Lipinski definition) is 5. The molecule has 1 N–H and O–H groups in total.